The van der Waals surface area contributed by atoms with Crippen molar-refractivity contribution >= 4 is 5.91 Å². The maximum Gasteiger partial charge on any atom is 0.220 e. The first-order valence-corrected chi connectivity index (χ1v) is 7.01. The molecule has 0 saturated heterocycles. The number of carbonyl (C=O) groups is 1. The maximum absolute atomic E-state index is 11.4. The fourth-order valence-electron chi connectivity index (χ4n) is 1.98. The number of hydrogen-bond donors (Lipinski definition) is 2. The van der Waals surface area contributed by atoms with Gasteiger partial charge in [-0.3, -0.25) is 4.79 Å². The topological polar surface area (TPSA) is 49.3 Å². The highest BCUT2D eigenvalue weighted by atomic mass is 16.3. The fraction of sp³-hybridized carbons (Fsp3) is 0.562. The summed E-state index contributed by atoms with van der Waals surface area (Å²) in [5, 5.41) is 11.5. The van der Waals surface area contributed by atoms with E-state index in [0.29, 0.717) is 25.3 Å². The van der Waals surface area contributed by atoms with Gasteiger partial charge in [-0.15, -0.1) is 0 Å². The van der Waals surface area contributed by atoms with Crippen molar-refractivity contribution in [3.8, 4) is 0 Å². The Morgan fingerprint density at radius 1 is 1.37 bits per heavy atom. The highest BCUT2D eigenvalue weighted by molar-refractivity contribution is 5.75. The zero-order valence-corrected chi connectivity index (χ0v) is 12.2. The van der Waals surface area contributed by atoms with E-state index in [0.717, 1.165) is 6.42 Å². The monoisotopic (exact) mass is 263 g/mol. The Bertz CT molecular complexity index is 413. The molecule has 0 radical (unpaired) electrons. The van der Waals surface area contributed by atoms with Crippen molar-refractivity contribution in [2.45, 2.75) is 46.0 Å². The quantitative estimate of drug-likeness (QED) is 0.794. The van der Waals surface area contributed by atoms with Crippen molar-refractivity contribution < 1.29 is 9.90 Å². The summed E-state index contributed by atoms with van der Waals surface area (Å²) in [4.78, 5) is 11.4. The van der Waals surface area contributed by atoms with Gasteiger partial charge in [-0.05, 0) is 42.4 Å². The summed E-state index contributed by atoms with van der Waals surface area (Å²) in [5.74, 6) is 0.546. The van der Waals surface area contributed by atoms with Crippen molar-refractivity contribution in [2.24, 2.45) is 0 Å². The van der Waals surface area contributed by atoms with Crippen LogP contribution in [0.1, 0.15) is 49.3 Å². The van der Waals surface area contributed by atoms with E-state index in [9.17, 15) is 4.79 Å². The minimum atomic E-state index is 0.0201. The third-order valence-electron chi connectivity index (χ3n) is 3.32. The van der Waals surface area contributed by atoms with Gasteiger partial charge in [0.2, 0.25) is 5.91 Å². The Kier molecular flexibility index (Phi) is 6.57. The third-order valence-corrected chi connectivity index (χ3v) is 3.32. The van der Waals surface area contributed by atoms with Crippen LogP contribution in [-0.2, 0) is 11.2 Å². The van der Waals surface area contributed by atoms with E-state index in [4.69, 9.17) is 5.11 Å². The Morgan fingerprint density at radius 3 is 2.74 bits per heavy atom. The Labute approximate surface area is 116 Å². The summed E-state index contributed by atoms with van der Waals surface area (Å²) in [6.45, 7) is 7.21. The molecule has 0 aliphatic heterocycles. The standard InChI is InChI=1S/C16H25NO2/c1-12(2)14-7-6-13(3)15(11-14)8-9-17-16(19)5-4-10-18/h6-7,11-12,18H,4-5,8-10H2,1-3H3,(H,17,19). The average Bonchev–Trinajstić information content (AvgIpc) is 2.38. The molecule has 0 fully saturated rings. The molecule has 0 unspecified atom stereocenters. The average molecular weight is 263 g/mol. The molecule has 1 aromatic carbocycles. The summed E-state index contributed by atoms with van der Waals surface area (Å²) in [6, 6.07) is 6.56. The lowest BCUT2D eigenvalue weighted by atomic mass is 9.96. The van der Waals surface area contributed by atoms with Gasteiger partial charge < -0.3 is 10.4 Å². The number of rotatable bonds is 7. The summed E-state index contributed by atoms with van der Waals surface area (Å²) in [7, 11) is 0. The van der Waals surface area contributed by atoms with Crippen LogP contribution < -0.4 is 5.32 Å². The Balaban J connectivity index is 2.48. The number of aliphatic hydroxyl groups excluding tert-OH is 1. The first-order chi connectivity index (χ1) is 9.04. The lowest BCUT2D eigenvalue weighted by Crippen LogP contribution is -2.25. The SMILES string of the molecule is Cc1ccc(C(C)C)cc1CCNC(=O)CCCO. The van der Waals surface area contributed by atoms with Crippen LogP contribution in [0.3, 0.4) is 0 Å². The number of amides is 1. The van der Waals surface area contributed by atoms with Gasteiger partial charge in [0.05, 0.1) is 0 Å². The van der Waals surface area contributed by atoms with Crippen molar-refractivity contribution in [2.75, 3.05) is 13.2 Å². The minimum Gasteiger partial charge on any atom is -0.396 e. The summed E-state index contributed by atoms with van der Waals surface area (Å²) in [5.41, 5.74) is 3.91. The van der Waals surface area contributed by atoms with Crippen LogP contribution in [0.5, 0.6) is 0 Å². The lowest BCUT2D eigenvalue weighted by molar-refractivity contribution is -0.121. The first-order valence-electron chi connectivity index (χ1n) is 7.01. The molecular weight excluding hydrogens is 238 g/mol. The predicted octanol–water partition coefficient (Wildman–Crippen LogP) is 2.55. The largest absolute Gasteiger partial charge is 0.396 e. The number of carbonyl (C=O) groups excluding carboxylic acids is 1. The normalized spacial score (nSPS) is 10.8. The van der Waals surface area contributed by atoms with E-state index in [1.807, 2.05) is 0 Å². The smallest absolute Gasteiger partial charge is 0.220 e. The van der Waals surface area contributed by atoms with Crippen LogP contribution in [0, 0.1) is 6.92 Å². The van der Waals surface area contributed by atoms with Gasteiger partial charge in [-0.25, -0.2) is 0 Å². The van der Waals surface area contributed by atoms with Gasteiger partial charge in [0.1, 0.15) is 0 Å². The Morgan fingerprint density at radius 2 is 2.11 bits per heavy atom. The first kappa shape index (κ1) is 15.7. The molecule has 0 atom stereocenters. The molecule has 1 rings (SSSR count). The van der Waals surface area contributed by atoms with Gasteiger partial charge in [0, 0.05) is 19.6 Å². The molecule has 106 valence electrons. The number of hydrogen-bond acceptors (Lipinski definition) is 2. The number of nitrogens with one attached hydrogen (secondary N) is 1. The molecule has 3 heteroatoms. The van der Waals surface area contributed by atoms with Crippen molar-refractivity contribution in [1.29, 1.82) is 0 Å². The third kappa shape index (κ3) is 5.43. The molecule has 0 aliphatic carbocycles. The molecule has 0 heterocycles. The van der Waals surface area contributed by atoms with Crippen molar-refractivity contribution in [3.05, 3.63) is 34.9 Å². The van der Waals surface area contributed by atoms with Gasteiger partial charge in [-0.1, -0.05) is 32.0 Å². The van der Waals surface area contributed by atoms with E-state index in [2.05, 4.69) is 44.3 Å². The number of benzene rings is 1. The van der Waals surface area contributed by atoms with Crippen LogP contribution in [0.4, 0.5) is 0 Å². The van der Waals surface area contributed by atoms with Gasteiger partial charge >= 0.3 is 0 Å². The van der Waals surface area contributed by atoms with E-state index >= 15 is 0 Å². The minimum absolute atomic E-state index is 0.0201. The zero-order chi connectivity index (χ0) is 14.3. The molecule has 0 bridgehead atoms. The van der Waals surface area contributed by atoms with Crippen LogP contribution in [-0.4, -0.2) is 24.2 Å². The number of aryl methyl sites for hydroxylation is 1. The molecule has 2 N–H and O–H groups in total. The Hall–Kier alpha value is -1.35. The van der Waals surface area contributed by atoms with Crippen LogP contribution in [0.2, 0.25) is 0 Å². The molecule has 3 nitrogen and oxygen atoms in total. The van der Waals surface area contributed by atoms with Crippen LogP contribution in [0.25, 0.3) is 0 Å². The van der Waals surface area contributed by atoms with Crippen LogP contribution in [0.15, 0.2) is 18.2 Å². The molecule has 19 heavy (non-hydrogen) atoms. The van der Waals surface area contributed by atoms with E-state index in [-0.39, 0.29) is 12.5 Å². The van der Waals surface area contributed by atoms with Gasteiger partial charge in [-0.2, -0.15) is 0 Å². The van der Waals surface area contributed by atoms with Crippen molar-refractivity contribution in [1.82, 2.24) is 5.32 Å². The second-order valence-corrected chi connectivity index (χ2v) is 5.27. The fourth-order valence-corrected chi connectivity index (χ4v) is 1.98. The molecule has 1 amide bonds. The molecular formula is C16H25NO2. The number of aliphatic hydroxyl groups is 1. The molecule has 0 aliphatic rings. The molecule has 0 spiro atoms. The zero-order valence-electron chi connectivity index (χ0n) is 12.2. The second-order valence-electron chi connectivity index (χ2n) is 5.27. The summed E-state index contributed by atoms with van der Waals surface area (Å²) >= 11 is 0. The highest BCUT2D eigenvalue weighted by Crippen LogP contribution is 2.18. The lowest BCUT2D eigenvalue weighted by Gasteiger charge is -2.12. The predicted molar refractivity (Wildman–Crippen MR) is 78.3 cm³/mol. The van der Waals surface area contributed by atoms with Crippen LogP contribution >= 0.6 is 0 Å². The maximum atomic E-state index is 11.4. The summed E-state index contributed by atoms with van der Waals surface area (Å²) < 4.78 is 0. The van der Waals surface area contributed by atoms with E-state index < -0.39 is 0 Å². The second kappa shape index (κ2) is 7.95. The van der Waals surface area contributed by atoms with Gasteiger partial charge in [0.15, 0.2) is 0 Å². The summed E-state index contributed by atoms with van der Waals surface area (Å²) in [6.07, 6.45) is 1.80. The molecule has 0 aromatic heterocycles. The van der Waals surface area contributed by atoms with Gasteiger partial charge in [0.25, 0.3) is 0 Å². The molecule has 0 saturated carbocycles. The van der Waals surface area contributed by atoms with Crippen molar-refractivity contribution in [3.63, 3.8) is 0 Å². The highest BCUT2D eigenvalue weighted by Gasteiger charge is 2.05. The molecule has 1 aromatic rings. The van der Waals surface area contributed by atoms with E-state index in [1.54, 1.807) is 0 Å². The van der Waals surface area contributed by atoms with E-state index in [1.165, 1.54) is 16.7 Å².